The van der Waals surface area contributed by atoms with Gasteiger partial charge < -0.3 is 5.73 Å². The zero-order valence-electron chi connectivity index (χ0n) is 8.60. The van der Waals surface area contributed by atoms with Crippen molar-refractivity contribution in [2.24, 2.45) is 5.73 Å². The molecule has 2 aromatic rings. The molecule has 4 nitrogen and oxygen atoms in total. The lowest BCUT2D eigenvalue weighted by atomic mass is 10.1. The summed E-state index contributed by atoms with van der Waals surface area (Å²) in [6.45, 7) is 1.99. The van der Waals surface area contributed by atoms with Gasteiger partial charge in [0.25, 0.3) is 0 Å². The Labute approximate surface area is 92.5 Å². The highest BCUT2D eigenvalue weighted by Crippen LogP contribution is 2.10. The first-order chi connectivity index (χ1) is 7.24. The Hall–Kier alpha value is -1.20. The van der Waals surface area contributed by atoms with Crippen molar-refractivity contribution in [1.82, 2.24) is 15.2 Å². The van der Waals surface area contributed by atoms with Gasteiger partial charge in [0.1, 0.15) is 0 Å². The third-order valence-corrected chi connectivity index (χ3v) is 2.98. The van der Waals surface area contributed by atoms with Crippen LogP contribution in [0.3, 0.4) is 0 Å². The van der Waals surface area contributed by atoms with Gasteiger partial charge in [-0.05, 0) is 19.4 Å². The molecule has 0 bridgehead atoms. The van der Waals surface area contributed by atoms with E-state index in [0.29, 0.717) is 0 Å². The van der Waals surface area contributed by atoms with Gasteiger partial charge in [-0.2, -0.15) is 5.10 Å². The lowest BCUT2D eigenvalue weighted by molar-refractivity contribution is 0.657. The van der Waals surface area contributed by atoms with E-state index in [1.807, 2.05) is 24.7 Å². The fraction of sp³-hybridized carbons (Fsp3) is 0.400. The maximum atomic E-state index is 6.03. The Kier molecular flexibility index (Phi) is 3.13. The Balaban J connectivity index is 1.90. The summed E-state index contributed by atoms with van der Waals surface area (Å²) < 4.78 is 0. The number of aryl methyl sites for hydroxylation is 1. The van der Waals surface area contributed by atoms with Gasteiger partial charge in [0.15, 0.2) is 0 Å². The van der Waals surface area contributed by atoms with Crippen LogP contribution in [0.5, 0.6) is 0 Å². The third kappa shape index (κ3) is 2.87. The third-order valence-electron chi connectivity index (χ3n) is 2.18. The molecule has 0 aliphatic rings. The van der Waals surface area contributed by atoms with Gasteiger partial charge in [0.05, 0.1) is 11.2 Å². The van der Waals surface area contributed by atoms with Gasteiger partial charge in [-0.3, -0.25) is 10.1 Å². The summed E-state index contributed by atoms with van der Waals surface area (Å²) >= 11 is 1.65. The van der Waals surface area contributed by atoms with E-state index < -0.39 is 0 Å². The van der Waals surface area contributed by atoms with Gasteiger partial charge in [-0.1, -0.05) is 0 Å². The molecule has 1 atom stereocenters. The standard InChI is InChI=1S/C10H14N4S/c1-7-2-9(14-13-7)3-8(11)4-10-5-12-6-15-10/h2,5-6,8H,3-4,11H2,1H3,(H,13,14). The Morgan fingerprint density at radius 3 is 3.00 bits per heavy atom. The molecule has 2 rings (SSSR count). The number of nitrogens with two attached hydrogens (primary N) is 1. The minimum Gasteiger partial charge on any atom is -0.327 e. The Morgan fingerprint density at radius 2 is 2.40 bits per heavy atom. The first-order valence-electron chi connectivity index (χ1n) is 4.88. The maximum absolute atomic E-state index is 6.03. The summed E-state index contributed by atoms with van der Waals surface area (Å²) in [6, 6.07) is 2.15. The van der Waals surface area contributed by atoms with Crippen LogP contribution in [0.1, 0.15) is 16.3 Å². The highest BCUT2D eigenvalue weighted by Gasteiger charge is 2.08. The normalized spacial score (nSPS) is 12.9. The fourth-order valence-corrected chi connectivity index (χ4v) is 2.21. The van der Waals surface area contributed by atoms with E-state index in [1.54, 1.807) is 11.3 Å². The van der Waals surface area contributed by atoms with Crippen LogP contribution in [0.15, 0.2) is 17.8 Å². The van der Waals surface area contributed by atoms with Crippen LogP contribution in [0.25, 0.3) is 0 Å². The number of H-pyrrole nitrogens is 1. The zero-order valence-corrected chi connectivity index (χ0v) is 9.42. The second-order valence-corrected chi connectivity index (χ2v) is 4.65. The van der Waals surface area contributed by atoms with Crippen molar-refractivity contribution < 1.29 is 0 Å². The fourth-order valence-electron chi connectivity index (χ4n) is 1.52. The number of aromatic amines is 1. The minimum absolute atomic E-state index is 0.119. The number of rotatable bonds is 4. The molecule has 1 unspecified atom stereocenters. The van der Waals surface area contributed by atoms with Crippen LogP contribution >= 0.6 is 11.3 Å². The van der Waals surface area contributed by atoms with Crippen LogP contribution in [0, 0.1) is 6.92 Å². The highest BCUT2D eigenvalue weighted by atomic mass is 32.1. The van der Waals surface area contributed by atoms with Crippen LogP contribution in [0.4, 0.5) is 0 Å². The molecule has 0 fully saturated rings. The summed E-state index contributed by atoms with van der Waals surface area (Å²) in [5.41, 5.74) is 9.98. The summed E-state index contributed by atoms with van der Waals surface area (Å²) in [5, 5.41) is 7.09. The second-order valence-electron chi connectivity index (χ2n) is 3.68. The average Bonchev–Trinajstić information content (AvgIpc) is 2.77. The highest BCUT2D eigenvalue weighted by molar-refractivity contribution is 7.09. The van der Waals surface area contributed by atoms with Crippen molar-refractivity contribution in [3.05, 3.63) is 34.0 Å². The van der Waals surface area contributed by atoms with Gasteiger partial charge in [0.2, 0.25) is 0 Å². The molecular weight excluding hydrogens is 208 g/mol. The van der Waals surface area contributed by atoms with Gasteiger partial charge in [-0.25, -0.2) is 0 Å². The van der Waals surface area contributed by atoms with E-state index in [4.69, 9.17) is 5.73 Å². The number of hydrogen-bond acceptors (Lipinski definition) is 4. The predicted molar refractivity (Wildman–Crippen MR) is 60.8 cm³/mol. The number of aromatic nitrogens is 3. The molecule has 0 saturated carbocycles. The van der Waals surface area contributed by atoms with E-state index in [-0.39, 0.29) is 6.04 Å². The Morgan fingerprint density at radius 1 is 1.53 bits per heavy atom. The van der Waals surface area contributed by atoms with Crippen molar-refractivity contribution in [2.45, 2.75) is 25.8 Å². The molecule has 3 N–H and O–H groups in total. The molecule has 0 radical (unpaired) electrons. The van der Waals surface area contributed by atoms with Crippen molar-refractivity contribution >= 4 is 11.3 Å². The number of nitrogens with one attached hydrogen (secondary N) is 1. The topological polar surface area (TPSA) is 67.6 Å². The smallest absolute Gasteiger partial charge is 0.0794 e. The van der Waals surface area contributed by atoms with E-state index in [2.05, 4.69) is 15.2 Å². The van der Waals surface area contributed by atoms with Crippen LogP contribution in [-0.4, -0.2) is 21.2 Å². The molecule has 0 aliphatic carbocycles. The van der Waals surface area contributed by atoms with E-state index in [0.717, 1.165) is 24.2 Å². The van der Waals surface area contributed by atoms with Crippen molar-refractivity contribution in [2.75, 3.05) is 0 Å². The van der Waals surface area contributed by atoms with Gasteiger partial charge in [0, 0.05) is 29.2 Å². The molecule has 0 aromatic carbocycles. The molecule has 2 heterocycles. The molecule has 2 aromatic heterocycles. The number of hydrogen-bond donors (Lipinski definition) is 2. The van der Waals surface area contributed by atoms with Crippen molar-refractivity contribution in [1.29, 1.82) is 0 Å². The van der Waals surface area contributed by atoms with E-state index in [1.165, 1.54) is 4.88 Å². The SMILES string of the molecule is Cc1cc(CC(N)Cc2cncs2)n[nH]1. The summed E-state index contributed by atoms with van der Waals surface area (Å²) in [5.74, 6) is 0. The minimum atomic E-state index is 0.119. The van der Waals surface area contributed by atoms with E-state index >= 15 is 0 Å². The summed E-state index contributed by atoms with van der Waals surface area (Å²) in [4.78, 5) is 5.26. The number of thiazole rings is 1. The zero-order chi connectivity index (χ0) is 10.7. The van der Waals surface area contributed by atoms with Gasteiger partial charge in [-0.15, -0.1) is 11.3 Å². The quantitative estimate of drug-likeness (QED) is 0.819. The summed E-state index contributed by atoms with van der Waals surface area (Å²) in [6.07, 6.45) is 3.55. The van der Waals surface area contributed by atoms with Crippen LogP contribution < -0.4 is 5.73 Å². The van der Waals surface area contributed by atoms with Crippen molar-refractivity contribution in [3.8, 4) is 0 Å². The lowest BCUT2D eigenvalue weighted by Crippen LogP contribution is -2.25. The molecular formula is C10H14N4S. The van der Waals surface area contributed by atoms with E-state index in [9.17, 15) is 0 Å². The second kappa shape index (κ2) is 4.55. The average molecular weight is 222 g/mol. The lowest BCUT2D eigenvalue weighted by Gasteiger charge is -2.07. The van der Waals surface area contributed by atoms with Crippen molar-refractivity contribution in [3.63, 3.8) is 0 Å². The van der Waals surface area contributed by atoms with Gasteiger partial charge >= 0.3 is 0 Å². The molecule has 0 amide bonds. The predicted octanol–water partition coefficient (Wildman–Crippen LogP) is 1.29. The first-order valence-corrected chi connectivity index (χ1v) is 5.76. The first kappa shape index (κ1) is 10.3. The molecule has 80 valence electrons. The molecule has 0 aliphatic heterocycles. The van der Waals surface area contributed by atoms with Crippen LogP contribution in [0.2, 0.25) is 0 Å². The molecule has 15 heavy (non-hydrogen) atoms. The van der Waals surface area contributed by atoms with Crippen LogP contribution in [-0.2, 0) is 12.8 Å². The largest absolute Gasteiger partial charge is 0.327 e. The number of nitrogens with zero attached hydrogens (tertiary/aromatic N) is 2. The Bertz CT molecular complexity index is 407. The summed E-state index contributed by atoms with van der Waals surface area (Å²) in [7, 11) is 0. The molecule has 0 spiro atoms. The monoisotopic (exact) mass is 222 g/mol. The molecule has 0 saturated heterocycles. The molecule has 5 heteroatoms. The maximum Gasteiger partial charge on any atom is 0.0794 e.